The lowest BCUT2D eigenvalue weighted by Gasteiger charge is -2.29. The van der Waals surface area contributed by atoms with Gasteiger partial charge in [0.2, 0.25) is 0 Å². The number of benzene rings is 2. The molecule has 1 unspecified atom stereocenters. The molecule has 0 fully saturated rings. The monoisotopic (exact) mass is 371 g/mol. The van der Waals surface area contributed by atoms with E-state index in [1.165, 1.54) is 24.3 Å². The van der Waals surface area contributed by atoms with Gasteiger partial charge in [-0.25, -0.2) is 4.39 Å². The summed E-state index contributed by atoms with van der Waals surface area (Å²) in [6, 6.07) is 8.73. The van der Waals surface area contributed by atoms with Gasteiger partial charge in [0.25, 0.3) is 5.67 Å². The first-order chi connectivity index (χ1) is 10.2. The van der Waals surface area contributed by atoms with Crippen molar-refractivity contribution in [2.45, 2.75) is 11.8 Å². The Balaban J connectivity index is 2.57. The average Bonchev–Trinajstić information content (AvgIpc) is 2.46. The van der Waals surface area contributed by atoms with Crippen LogP contribution in [0.4, 0.5) is 23.2 Å². The fraction of sp³-hybridized carbons (Fsp3) is 0.143. The standard InChI is InChI=1S/C14H8Cl3F4N/c15-11-5-1-9(2-6-11)13(18,14(19,20)21)10-3-7-12(8-4-10)22(16)17/h1-8H. The first kappa shape index (κ1) is 17.2. The zero-order valence-electron chi connectivity index (χ0n) is 10.7. The highest BCUT2D eigenvalue weighted by Crippen LogP contribution is 2.48. The molecule has 0 aliphatic heterocycles. The highest BCUT2D eigenvalue weighted by molar-refractivity contribution is 6.49. The Morgan fingerprint density at radius 3 is 1.50 bits per heavy atom. The van der Waals surface area contributed by atoms with Gasteiger partial charge in [-0.3, -0.25) is 0 Å². The van der Waals surface area contributed by atoms with Crippen molar-refractivity contribution < 1.29 is 17.6 Å². The van der Waals surface area contributed by atoms with Crippen LogP contribution >= 0.6 is 35.2 Å². The molecule has 2 aromatic rings. The van der Waals surface area contributed by atoms with E-state index < -0.39 is 23.0 Å². The lowest BCUT2D eigenvalue weighted by atomic mass is 9.87. The predicted molar refractivity (Wildman–Crippen MR) is 80.0 cm³/mol. The molecule has 0 heterocycles. The van der Waals surface area contributed by atoms with E-state index in [0.29, 0.717) is 3.94 Å². The maximum atomic E-state index is 15.0. The Bertz CT molecular complexity index is 641. The van der Waals surface area contributed by atoms with E-state index in [-0.39, 0.29) is 10.7 Å². The molecule has 0 aliphatic carbocycles. The van der Waals surface area contributed by atoms with Gasteiger partial charge in [-0.2, -0.15) is 17.1 Å². The molecule has 0 N–H and O–H groups in total. The first-order valence-corrected chi connectivity index (χ1v) is 6.95. The molecule has 0 aromatic heterocycles. The SMILES string of the molecule is FC(F)(F)C(F)(c1ccc(Cl)cc1)c1ccc(N(Cl)Cl)cc1. The molecule has 0 amide bonds. The lowest BCUT2D eigenvalue weighted by molar-refractivity contribution is -0.219. The minimum atomic E-state index is -5.15. The number of anilines is 1. The Morgan fingerprint density at radius 2 is 1.14 bits per heavy atom. The van der Waals surface area contributed by atoms with Crippen molar-refractivity contribution in [3.05, 3.63) is 64.7 Å². The zero-order chi connectivity index (χ0) is 16.5. The average molecular weight is 373 g/mol. The van der Waals surface area contributed by atoms with Gasteiger partial charge < -0.3 is 0 Å². The van der Waals surface area contributed by atoms with E-state index in [2.05, 4.69) is 0 Å². The van der Waals surface area contributed by atoms with Crippen LogP contribution in [-0.2, 0) is 5.67 Å². The molecule has 118 valence electrons. The van der Waals surface area contributed by atoms with Crippen LogP contribution in [0.2, 0.25) is 5.02 Å². The van der Waals surface area contributed by atoms with Gasteiger partial charge in [0, 0.05) is 39.7 Å². The summed E-state index contributed by atoms with van der Waals surface area (Å²) in [4.78, 5) is 0. The third-order valence-electron chi connectivity index (χ3n) is 3.09. The van der Waals surface area contributed by atoms with Gasteiger partial charge in [0.1, 0.15) is 0 Å². The summed E-state index contributed by atoms with van der Waals surface area (Å²) >= 11 is 16.6. The van der Waals surface area contributed by atoms with Crippen molar-refractivity contribution in [1.29, 1.82) is 0 Å². The molecule has 1 nitrogen and oxygen atoms in total. The smallest absolute Gasteiger partial charge is 0.223 e. The molecule has 0 spiro atoms. The van der Waals surface area contributed by atoms with Crippen molar-refractivity contribution >= 4 is 40.8 Å². The van der Waals surface area contributed by atoms with Crippen LogP contribution in [0.1, 0.15) is 11.1 Å². The van der Waals surface area contributed by atoms with Gasteiger partial charge in [0.05, 0.1) is 5.69 Å². The summed E-state index contributed by atoms with van der Waals surface area (Å²) in [5.41, 5.74) is -4.60. The number of rotatable bonds is 3. The molecule has 0 aliphatic rings. The third kappa shape index (κ3) is 3.12. The second-order valence-electron chi connectivity index (χ2n) is 4.44. The van der Waals surface area contributed by atoms with E-state index in [9.17, 15) is 17.6 Å². The molecular weight excluding hydrogens is 365 g/mol. The molecule has 0 saturated carbocycles. The van der Waals surface area contributed by atoms with E-state index in [4.69, 9.17) is 35.2 Å². The number of hydrogen-bond acceptors (Lipinski definition) is 1. The maximum Gasteiger partial charge on any atom is 0.431 e. The minimum Gasteiger partial charge on any atom is -0.223 e. The van der Waals surface area contributed by atoms with Crippen molar-refractivity contribution in [2.75, 3.05) is 3.94 Å². The Labute approximate surface area is 139 Å². The van der Waals surface area contributed by atoms with Crippen LogP contribution < -0.4 is 3.94 Å². The summed E-state index contributed by atoms with van der Waals surface area (Å²) < 4.78 is 55.7. The van der Waals surface area contributed by atoms with Gasteiger partial charge in [-0.05, 0) is 24.3 Å². The quantitative estimate of drug-likeness (QED) is 0.456. The van der Waals surface area contributed by atoms with Gasteiger partial charge in [0.15, 0.2) is 0 Å². The van der Waals surface area contributed by atoms with E-state index in [1.54, 1.807) is 0 Å². The normalized spacial score (nSPS) is 14.5. The van der Waals surface area contributed by atoms with Crippen LogP contribution in [0.5, 0.6) is 0 Å². The van der Waals surface area contributed by atoms with Gasteiger partial charge in [-0.1, -0.05) is 35.9 Å². The molecule has 1 atom stereocenters. The maximum absolute atomic E-state index is 15.0. The van der Waals surface area contributed by atoms with Crippen molar-refractivity contribution in [3.63, 3.8) is 0 Å². The second kappa shape index (κ2) is 6.14. The number of nitrogens with zero attached hydrogens (tertiary/aromatic N) is 1. The third-order valence-corrected chi connectivity index (χ3v) is 3.74. The molecule has 0 radical (unpaired) electrons. The molecule has 2 rings (SSSR count). The van der Waals surface area contributed by atoms with Gasteiger partial charge >= 0.3 is 6.18 Å². The topological polar surface area (TPSA) is 3.24 Å². The lowest BCUT2D eigenvalue weighted by Crippen LogP contribution is -2.39. The zero-order valence-corrected chi connectivity index (χ0v) is 13.0. The molecule has 0 saturated heterocycles. The van der Waals surface area contributed by atoms with Crippen LogP contribution in [0, 0.1) is 0 Å². The highest BCUT2D eigenvalue weighted by Gasteiger charge is 2.58. The Kier molecular flexibility index (Phi) is 4.80. The minimum absolute atomic E-state index is 0.212. The van der Waals surface area contributed by atoms with Crippen LogP contribution in [0.25, 0.3) is 0 Å². The Hall–Kier alpha value is -1.17. The summed E-state index contributed by atoms with van der Waals surface area (Å²) in [6.45, 7) is 0. The van der Waals surface area contributed by atoms with Crippen molar-refractivity contribution in [1.82, 2.24) is 0 Å². The van der Waals surface area contributed by atoms with E-state index >= 15 is 0 Å². The summed E-state index contributed by atoms with van der Waals surface area (Å²) in [7, 11) is 0. The van der Waals surface area contributed by atoms with Crippen LogP contribution in [0.15, 0.2) is 48.5 Å². The Morgan fingerprint density at radius 1 is 0.727 bits per heavy atom. The number of hydrogen-bond donors (Lipinski definition) is 0. The molecule has 2 aromatic carbocycles. The molecule has 0 bridgehead atoms. The van der Waals surface area contributed by atoms with Crippen LogP contribution in [-0.4, -0.2) is 6.18 Å². The summed E-state index contributed by atoms with van der Waals surface area (Å²) in [6.07, 6.45) is -5.15. The largest absolute Gasteiger partial charge is 0.431 e. The van der Waals surface area contributed by atoms with E-state index in [1.807, 2.05) is 0 Å². The summed E-state index contributed by atoms with van der Waals surface area (Å²) in [5, 5.41) is 0.212. The van der Waals surface area contributed by atoms with Crippen molar-refractivity contribution in [2.24, 2.45) is 0 Å². The molecular formula is C14H8Cl3F4N. The van der Waals surface area contributed by atoms with E-state index in [0.717, 1.165) is 24.3 Å². The molecule has 8 heteroatoms. The van der Waals surface area contributed by atoms with Gasteiger partial charge in [-0.15, -0.1) is 0 Å². The fourth-order valence-corrected chi connectivity index (χ4v) is 2.33. The fourth-order valence-electron chi connectivity index (χ4n) is 1.98. The number of alkyl halides is 4. The molecule has 22 heavy (non-hydrogen) atoms. The van der Waals surface area contributed by atoms with Crippen LogP contribution in [0.3, 0.4) is 0 Å². The number of halogens is 7. The summed E-state index contributed by atoms with van der Waals surface area (Å²) in [5.74, 6) is 0. The second-order valence-corrected chi connectivity index (χ2v) is 5.73. The van der Waals surface area contributed by atoms with Crippen molar-refractivity contribution in [3.8, 4) is 0 Å². The highest BCUT2D eigenvalue weighted by atomic mass is 35.5. The first-order valence-electron chi connectivity index (χ1n) is 5.90. The predicted octanol–water partition coefficient (Wildman–Crippen LogP) is 6.23.